The first-order valence-corrected chi connectivity index (χ1v) is 8.05. The van der Waals surface area contributed by atoms with Crippen molar-refractivity contribution >= 4 is 22.0 Å². The van der Waals surface area contributed by atoms with Crippen LogP contribution in [0.5, 0.6) is 0 Å². The van der Waals surface area contributed by atoms with Crippen molar-refractivity contribution in [2.75, 3.05) is 11.9 Å². The number of aryl methyl sites for hydroxylation is 1. The normalized spacial score (nSPS) is 11.4. The highest BCUT2D eigenvalue weighted by atomic mass is 32.1. The molecule has 0 radical (unpaired) electrons. The molecule has 21 heavy (non-hydrogen) atoms. The number of hydrogen-bond donors (Lipinski definition) is 1. The van der Waals surface area contributed by atoms with E-state index in [1.165, 1.54) is 0 Å². The number of para-hydroxylation sites is 1. The SMILES string of the molecule is CC(C)c1nnc2sc(CCCNc3ccccc3)nn12. The Bertz CT molecular complexity index is 701. The van der Waals surface area contributed by atoms with Crippen molar-refractivity contribution in [3.63, 3.8) is 0 Å². The molecule has 0 fully saturated rings. The summed E-state index contributed by atoms with van der Waals surface area (Å²) >= 11 is 1.63. The molecule has 0 aliphatic heterocycles. The van der Waals surface area contributed by atoms with Gasteiger partial charge in [0.25, 0.3) is 0 Å². The molecule has 1 N–H and O–H groups in total. The molecule has 0 saturated carbocycles. The fraction of sp³-hybridized carbons (Fsp3) is 0.400. The molecule has 0 atom stereocenters. The van der Waals surface area contributed by atoms with Gasteiger partial charge in [-0.2, -0.15) is 9.61 Å². The van der Waals surface area contributed by atoms with Gasteiger partial charge >= 0.3 is 0 Å². The van der Waals surface area contributed by atoms with Gasteiger partial charge in [-0.05, 0) is 18.6 Å². The zero-order valence-electron chi connectivity index (χ0n) is 12.3. The van der Waals surface area contributed by atoms with E-state index in [-0.39, 0.29) is 0 Å². The van der Waals surface area contributed by atoms with Crippen LogP contribution in [0.2, 0.25) is 0 Å². The number of benzene rings is 1. The first kappa shape index (κ1) is 14.0. The number of hydrogen-bond acceptors (Lipinski definition) is 5. The third kappa shape index (κ3) is 3.21. The van der Waals surface area contributed by atoms with Gasteiger partial charge in [0, 0.05) is 24.6 Å². The number of fused-ring (bicyclic) bond motifs is 1. The predicted molar refractivity (Wildman–Crippen MR) is 86.0 cm³/mol. The molecule has 110 valence electrons. The number of anilines is 1. The van der Waals surface area contributed by atoms with Crippen LogP contribution in [0.1, 0.15) is 37.0 Å². The largest absolute Gasteiger partial charge is 0.385 e. The lowest BCUT2D eigenvalue weighted by Gasteiger charge is -2.04. The highest BCUT2D eigenvalue weighted by Gasteiger charge is 2.13. The number of nitrogens with zero attached hydrogens (tertiary/aromatic N) is 4. The van der Waals surface area contributed by atoms with Crippen molar-refractivity contribution in [2.45, 2.75) is 32.6 Å². The molecule has 2 aromatic heterocycles. The molecule has 0 bridgehead atoms. The number of aromatic nitrogens is 4. The first-order valence-electron chi connectivity index (χ1n) is 7.24. The molecule has 0 amide bonds. The fourth-order valence-corrected chi connectivity index (χ4v) is 3.04. The second-order valence-corrected chi connectivity index (χ2v) is 6.34. The zero-order chi connectivity index (χ0) is 14.7. The molecule has 3 rings (SSSR count). The fourth-order valence-electron chi connectivity index (χ4n) is 2.16. The monoisotopic (exact) mass is 301 g/mol. The van der Waals surface area contributed by atoms with Crippen molar-refractivity contribution in [1.82, 2.24) is 19.8 Å². The number of rotatable bonds is 6. The highest BCUT2D eigenvalue weighted by molar-refractivity contribution is 7.16. The van der Waals surface area contributed by atoms with Gasteiger partial charge in [0.2, 0.25) is 4.96 Å². The van der Waals surface area contributed by atoms with Crippen LogP contribution in [0.3, 0.4) is 0 Å². The minimum absolute atomic E-state index is 0.342. The summed E-state index contributed by atoms with van der Waals surface area (Å²) in [5.74, 6) is 1.28. The van der Waals surface area contributed by atoms with Gasteiger partial charge in [0.15, 0.2) is 5.82 Å². The van der Waals surface area contributed by atoms with Crippen LogP contribution >= 0.6 is 11.3 Å². The molecule has 6 heteroatoms. The molecular formula is C15H19N5S. The third-order valence-corrected chi connectivity index (χ3v) is 4.20. The van der Waals surface area contributed by atoms with E-state index in [9.17, 15) is 0 Å². The molecule has 0 saturated heterocycles. The topological polar surface area (TPSA) is 55.1 Å². The Morgan fingerprint density at radius 3 is 2.76 bits per heavy atom. The van der Waals surface area contributed by atoms with Gasteiger partial charge in [0.1, 0.15) is 5.01 Å². The van der Waals surface area contributed by atoms with Gasteiger partial charge in [-0.1, -0.05) is 43.4 Å². The van der Waals surface area contributed by atoms with Crippen LogP contribution in [0, 0.1) is 0 Å². The second kappa shape index (κ2) is 6.22. The van der Waals surface area contributed by atoms with E-state index in [4.69, 9.17) is 0 Å². The molecule has 0 aliphatic carbocycles. The maximum absolute atomic E-state index is 4.62. The van der Waals surface area contributed by atoms with Crippen LogP contribution < -0.4 is 5.32 Å². The standard InChI is InChI=1S/C15H19N5S/c1-11(2)14-17-18-15-20(14)19-13(21-15)9-6-10-16-12-7-4-3-5-8-12/h3-5,7-8,11,16H,6,9-10H2,1-2H3. The summed E-state index contributed by atoms with van der Waals surface area (Å²) in [5, 5.41) is 17.5. The minimum atomic E-state index is 0.342. The lowest BCUT2D eigenvalue weighted by Crippen LogP contribution is -2.03. The maximum Gasteiger partial charge on any atom is 0.234 e. The Morgan fingerprint density at radius 2 is 2.00 bits per heavy atom. The van der Waals surface area contributed by atoms with Crippen LogP contribution in [0.15, 0.2) is 30.3 Å². The zero-order valence-corrected chi connectivity index (χ0v) is 13.1. The predicted octanol–water partition coefficient (Wildman–Crippen LogP) is 3.35. The van der Waals surface area contributed by atoms with E-state index >= 15 is 0 Å². The van der Waals surface area contributed by atoms with Gasteiger partial charge in [-0.15, -0.1) is 10.2 Å². The van der Waals surface area contributed by atoms with Crippen LogP contribution in [0.4, 0.5) is 5.69 Å². The molecule has 0 unspecified atom stereocenters. The highest BCUT2D eigenvalue weighted by Crippen LogP contribution is 2.19. The molecular weight excluding hydrogens is 282 g/mol. The Morgan fingerprint density at radius 1 is 1.19 bits per heavy atom. The van der Waals surface area contributed by atoms with Crippen LogP contribution in [0.25, 0.3) is 4.96 Å². The minimum Gasteiger partial charge on any atom is -0.385 e. The van der Waals surface area contributed by atoms with Crippen molar-refractivity contribution in [2.24, 2.45) is 0 Å². The van der Waals surface area contributed by atoms with Gasteiger partial charge in [0.05, 0.1) is 0 Å². The van der Waals surface area contributed by atoms with E-state index < -0.39 is 0 Å². The first-order chi connectivity index (χ1) is 10.2. The quantitative estimate of drug-likeness (QED) is 0.709. The van der Waals surface area contributed by atoms with E-state index in [2.05, 4.69) is 46.6 Å². The molecule has 5 nitrogen and oxygen atoms in total. The average Bonchev–Trinajstić information content (AvgIpc) is 3.04. The molecule has 1 aromatic carbocycles. The smallest absolute Gasteiger partial charge is 0.234 e. The van der Waals surface area contributed by atoms with Crippen LogP contribution in [-0.4, -0.2) is 26.4 Å². The molecule has 2 heterocycles. The second-order valence-electron chi connectivity index (χ2n) is 5.30. The Hall–Kier alpha value is -1.95. The van der Waals surface area contributed by atoms with Gasteiger partial charge in [-0.3, -0.25) is 0 Å². The maximum atomic E-state index is 4.62. The summed E-state index contributed by atoms with van der Waals surface area (Å²) in [7, 11) is 0. The molecule has 0 aliphatic rings. The van der Waals surface area contributed by atoms with Crippen LogP contribution in [-0.2, 0) is 6.42 Å². The average molecular weight is 301 g/mol. The van der Waals surface area contributed by atoms with E-state index in [1.54, 1.807) is 11.3 Å². The summed E-state index contributed by atoms with van der Waals surface area (Å²) < 4.78 is 1.88. The van der Waals surface area contributed by atoms with E-state index in [0.717, 1.165) is 40.9 Å². The van der Waals surface area contributed by atoms with Gasteiger partial charge < -0.3 is 5.32 Å². The summed E-state index contributed by atoms with van der Waals surface area (Å²) in [4.78, 5) is 0.893. The summed E-state index contributed by atoms with van der Waals surface area (Å²) in [5.41, 5.74) is 1.16. The van der Waals surface area contributed by atoms with Gasteiger partial charge in [-0.25, -0.2) is 0 Å². The summed E-state index contributed by atoms with van der Waals surface area (Å²) in [6.45, 7) is 5.17. The Balaban J connectivity index is 1.56. The molecule has 3 aromatic rings. The van der Waals surface area contributed by atoms with Crippen molar-refractivity contribution in [1.29, 1.82) is 0 Å². The lowest BCUT2D eigenvalue weighted by atomic mass is 10.2. The van der Waals surface area contributed by atoms with E-state index in [0.29, 0.717) is 5.92 Å². The lowest BCUT2D eigenvalue weighted by molar-refractivity contribution is 0.712. The van der Waals surface area contributed by atoms with Crippen molar-refractivity contribution in [3.05, 3.63) is 41.2 Å². The molecule has 0 spiro atoms. The van der Waals surface area contributed by atoms with Crippen molar-refractivity contribution < 1.29 is 0 Å². The summed E-state index contributed by atoms with van der Waals surface area (Å²) in [6.07, 6.45) is 2.02. The Kier molecular flexibility index (Phi) is 4.15. The van der Waals surface area contributed by atoms with Crippen molar-refractivity contribution in [3.8, 4) is 0 Å². The number of nitrogens with one attached hydrogen (secondary N) is 1. The Labute approximate surface area is 128 Å². The summed E-state index contributed by atoms with van der Waals surface area (Å²) in [6, 6.07) is 10.3. The van der Waals surface area contributed by atoms with E-state index in [1.807, 2.05) is 22.7 Å². The third-order valence-electron chi connectivity index (χ3n) is 3.24.